The Balaban J connectivity index is 0.761. The quantitative estimate of drug-likeness (QED) is 0.0702. The number of hydrogen-bond donors (Lipinski definition) is 0. The molecular formula is C62H67Cl2FN10O7. The number of amidine groups is 1. The number of nitrogens with zero attached hydrogens (tertiary/aromatic N) is 10. The summed E-state index contributed by atoms with van der Waals surface area (Å²) in [7, 11) is 3.20. The summed E-state index contributed by atoms with van der Waals surface area (Å²) < 4.78 is 34.1. The molecule has 0 saturated carbocycles. The van der Waals surface area contributed by atoms with E-state index in [1.807, 2.05) is 67.3 Å². The number of carbonyl (C=O) groups is 4. The first kappa shape index (κ1) is 58.8. The zero-order chi connectivity index (χ0) is 58.2. The number of fused-ring (bicyclic) bond motifs is 5. The molecule has 0 spiro atoms. The minimum atomic E-state index is -0.741. The van der Waals surface area contributed by atoms with Crippen molar-refractivity contribution >= 4 is 52.7 Å². The number of amides is 4. The van der Waals surface area contributed by atoms with Crippen molar-refractivity contribution in [2.45, 2.75) is 123 Å². The lowest BCUT2D eigenvalue weighted by Gasteiger charge is -2.38. The van der Waals surface area contributed by atoms with Crippen molar-refractivity contribution in [3.8, 4) is 34.7 Å². The SMILES string of the molecule is COc1ccc(C2=N[C@H](c3ccc(Cl)cc3)[C@H](c3ccc(Cl)cc3)N2C(=O)N2CCN(CCCCCCCCC(=O)CCCn3nc4c(c3C#N)-c3cnc(C)c(n3)O[C@H](C)c3cc(F)ccc3C(=O)N(C)C4)C(=O)C2)c(OC(C)C)c1. The molecule has 4 amide bonds. The topological polar surface area (TPSA) is 189 Å². The first-order valence-corrected chi connectivity index (χ1v) is 28.6. The van der Waals surface area contributed by atoms with Crippen LogP contribution in [0.15, 0.2) is 96.1 Å². The van der Waals surface area contributed by atoms with Gasteiger partial charge in [0.1, 0.15) is 59.4 Å². The number of Topliss-reactive ketones (excluding diaryl/α,β-unsaturated/α-hetero) is 1. The minimum absolute atomic E-state index is 0.0316. The van der Waals surface area contributed by atoms with Crippen LogP contribution in [0.5, 0.6) is 17.4 Å². The van der Waals surface area contributed by atoms with Crippen LogP contribution in [0.3, 0.4) is 0 Å². The minimum Gasteiger partial charge on any atom is -0.497 e. The summed E-state index contributed by atoms with van der Waals surface area (Å²) in [5, 5.41) is 16.4. The summed E-state index contributed by atoms with van der Waals surface area (Å²) in [6.45, 7) is 8.84. The summed E-state index contributed by atoms with van der Waals surface area (Å²) in [5.74, 6) is 0.812. The highest BCUT2D eigenvalue weighted by atomic mass is 35.5. The number of urea groups is 1. The molecule has 1 saturated heterocycles. The van der Waals surface area contributed by atoms with Crippen molar-refractivity contribution in [1.82, 2.24) is 39.3 Å². The predicted molar refractivity (Wildman–Crippen MR) is 310 cm³/mol. The Hall–Kier alpha value is -7.88. The Labute approximate surface area is 487 Å². The van der Waals surface area contributed by atoms with Gasteiger partial charge in [0.25, 0.3) is 5.91 Å². The summed E-state index contributed by atoms with van der Waals surface area (Å²) in [6, 6.07) is 25.0. The highest BCUT2D eigenvalue weighted by Gasteiger charge is 2.46. The van der Waals surface area contributed by atoms with E-state index in [-0.39, 0.29) is 60.0 Å². The molecule has 1 fully saturated rings. The molecule has 0 N–H and O–H groups in total. The molecular weight excluding hydrogens is 1090 g/mol. The number of ether oxygens (including phenoxy) is 3. The maximum atomic E-state index is 15.1. The highest BCUT2D eigenvalue weighted by molar-refractivity contribution is 6.30. The van der Waals surface area contributed by atoms with Gasteiger partial charge in [0, 0.05) is 73.3 Å². The standard InChI is InChI=1S/C62H67Cl2FN10O7/c1-38(2)81-54-33-47(80-6)25-27-49(54)59-69-57(41-16-20-43(63)21-17-41)58(42-18-22-44(64)23-19-42)75(59)62(79)73-31-30-72(55(77)37-73)28-12-10-8-7-9-11-14-46(76)15-13-29-74-53(34-66)56-51-35-67-39(3)60(68-51)82-40(4)50-32-45(65)24-26-48(50)61(78)71(5)36-52(56)70-74/h16-27,32-33,35,38,40,57-58H,7-15,28-31,36-37H2,1-6H3/t40-,57-,58+/m1/s1. The lowest BCUT2D eigenvalue weighted by molar-refractivity contribution is -0.135. The number of hydrogen-bond acceptors (Lipinski definition) is 12. The largest absolute Gasteiger partial charge is 0.497 e. The molecule has 3 aliphatic heterocycles. The van der Waals surface area contributed by atoms with Crippen molar-refractivity contribution in [2.75, 3.05) is 40.3 Å². The normalized spacial score (nSPS) is 17.1. The Kier molecular flexibility index (Phi) is 18.9. The number of carbonyl (C=O) groups excluding carboxylic acids is 4. The fourth-order valence-electron chi connectivity index (χ4n) is 10.8. The first-order valence-electron chi connectivity index (χ1n) is 27.9. The molecule has 0 unspecified atom stereocenters. The van der Waals surface area contributed by atoms with E-state index in [2.05, 4.69) is 11.1 Å². The summed E-state index contributed by atoms with van der Waals surface area (Å²) in [5.41, 5.74) is 4.81. The Morgan fingerprint density at radius 1 is 0.854 bits per heavy atom. The van der Waals surface area contributed by atoms with Crippen LogP contribution in [0.4, 0.5) is 9.18 Å². The molecule has 9 rings (SSSR count). The molecule has 0 aliphatic carbocycles. The maximum Gasteiger partial charge on any atom is 0.326 e. The van der Waals surface area contributed by atoms with Gasteiger partial charge in [-0.15, -0.1) is 0 Å². The molecule has 5 heterocycles. The van der Waals surface area contributed by atoms with Crippen LogP contribution in [-0.4, -0.2) is 115 Å². The van der Waals surface area contributed by atoms with Crippen LogP contribution in [0.2, 0.25) is 10.0 Å². The highest BCUT2D eigenvalue weighted by Crippen LogP contribution is 2.46. The lowest BCUT2D eigenvalue weighted by atomic mass is 9.93. The van der Waals surface area contributed by atoms with E-state index in [4.69, 9.17) is 52.5 Å². The molecule has 3 aliphatic rings. The van der Waals surface area contributed by atoms with Gasteiger partial charge in [-0.3, -0.25) is 33.9 Å². The van der Waals surface area contributed by atoms with Crippen LogP contribution in [-0.2, 0) is 22.7 Å². The van der Waals surface area contributed by atoms with Gasteiger partial charge in [-0.25, -0.2) is 14.2 Å². The summed E-state index contributed by atoms with van der Waals surface area (Å²) in [6.07, 6.45) is 7.09. The van der Waals surface area contributed by atoms with Crippen LogP contribution in [0.1, 0.15) is 146 Å². The number of ketones is 1. The zero-order valence-electron chi connectivity index (χ0n) is 47.0. The maximum absolute atomic E-state index is 15.1. The fraction of sp³-hybridized carbons (Fsp3) is 0.403. The molecule has 4 aromatic carbocycles. The van der Waals surface area contributed by atoms with Crippen molar-refractivity contribution in [3.63, 3.8) is 0 Å². The predicted octanol–water partition coefficient (Wildman–Crippen LogP) is 12.1. The smallest absolute Gasteiger partial charge is 0.326 e. The number of rotatable bonds is 19. The third-order valence-corrected chi connectivity index (χ3v) is 15.5. The monoisotopic (exact) mass is 1150 g/mol. The van der Waals surface area contributed by atoms with E-state index in [0.29, 0.717) is 107 Å². The average molecular weight is 1150 g/mol. The van der Waals surface area contributed by atoms with E-state index in [9.17, 15) is 24.0 Å². The number of unbranched alkanes of at least 4 members (excludes halogenated alkanes) is 5. The van der Waals surface area contributed by atoms with E-state index in [1.54, 1.807) is 66.9 Å². The molecule has 17 nitrogen and oxygen atoms in total. The first-order chi connectivity index (χ1) is 39.5. The van der Waals surface area contributed by atoms with Gasteiger partial charge < -0.3 is 28.9 Å². The molecule has 82 heavy (non-hydrogen) atoms. The zero-order valence-corrected chi connectivity index (χ0v) is 48.6. The summed E-state index contributed by atoms with van der Waals surface area (Å²) in [4.78, 5) is 77.1. The second-order valence-corrected chi connectivity index (χ2v) is 22.1. The van der Waals surface area contributed by atoms with E-state index in [1.165, 1.54) is 23.1 Å². The van der Waals surface area contributed by atoms with Crippen LogP contribution >= 0.6 is 23.2 Å². The second kappa shape index (κ2) is 26.4. The number of halogens is 3. The van der Waals surface area contributed by atoms with Crippen molar-refractivity contribution < 1.29 is 37.8 Å². The van der Waals surface area contributed by atoms with Crippen LogP contribution < -0.4 is 14.2 Å². The van der Waals surface area contributed by atoms with Gasteiger partial charge in [-0.05, 0) is 113 Å². The van der Waals surface area contributed by atoms with Gasteiger partial charge in [0.15, 0.2) is 0 Å². The third-order valence-electron chi connectivity index (χ3n) is 15.0. The second-order valence-electron chi connectivity index (χ2n) is 21.2. The van der Waals surface area contributed by atoms with E-state index >= 15 is 4.79 Å². The molecule has 20 heteroatoms. The number of aromatic nitrogens is 4. The molecule has 2 bridgehead atoms. The third kappa shape index (κ3) is 13.4. The Morgan fingerprint density at radius 2 is 1.54 bits per heavy atom. The van der Waals surface area contributed by atoms with Crippen molar-refractivity contribution in [1.29, 1.82) is 5.26 Å². The number of methoxy groups -OCH3 is 1. The van der Waals surface area contributed by atoms with Crippen LogP contribution in [0, 0.1) is 24.1 Å². The molecule has 3 atom stereocenters. The van der Waals surface area contributed by atoms with Crippen LogP contribution in [0.25, 0.3) is 11.3 Å². The molecule has 2 aromatic heterocycles. The Morgan fingerprint density at radius 3 is 2.23 bits per heavy atom. The van der Waals surface area contributed by atoms with Crippen molar-refractivity contribution in [3.05, 3.63) is 152 Å². The van der Waals surface area contributed by atoms with Gasteiger partial charge in [-0.2, -0.15) is 10.4 Å². The number of aryl methyl sites for hydroxylation is 2. The van der Waals surface area contributed by atoms with Crippen molar-refractivity contribution in [2.24, 2.45) is 4.99 Å². The molecule has 0 radical (unpaired) electrons. The van der Waals surface area contributed by atoms with Gasteiger partial charge in [0.05, 0.1) is 60.2 Å². The lowest BCUT2D eigenvalue weighted by Crippen LogP contribution is -2.56. The molecule has 6 aromatic rings. The summed E-state index contributed by atoms with van der Waals surface area (Å²) >= 11 is 12.8. The van der Waals surface area contributed by atoms with Gasteiger partial charge >= 0.3 is 6.03 Å². The van der Waals surface area contributed by atoms with Gasteiger partial charge in [-0.1, -0.05) is 73.2 Å². The number of aliphatic imine (C=N–C) groups is 1. The average Bonchev–Trinajstić information content (AvgIpc) is 4.10. The van der Waals surface area contributed by atoms with Gasteiger partial charge in [0.2, 0.25) is 11.8 Å². The molecule has 428 valence electrons. The van der Waals surface area contributed by atoms with E-state index < -0.39 is 24.0 Å². The number of piperazine rings is 1. The fourth-order valence-corrected chi connectivity index (χ4v) is 11.0. The van der Waals surface area contributed by atoms with E-state index in [0.717, 1.165) is 49.7 Å². The number of benzene rings is 4. The number of nitriles is 1. The Bertz CT molecular complexity index is 3400.